The number of amides is 1. The van der Waals surface area contributed by atoms with E-state index in [-0.39, 0.29) is 11.3 Å². The highest BCUT2D eigenvalue weighted by Gasteiger charge is 2.22. The van der Waals surface area contributed by atoms with Crippen molar-refractivity contribution in [3.05, 3.63) is 39.9 Å². The van der Waals surface area contributed by atoms with Crippen LogP contribution in [0.2, 0.25) is 0 Å². The van der Waals surface area contributed by atoms with Crippen molar-refractivity contribution in [2.75, 3.05) is 0 Å². The average Bonchev–Trinajstić information content (AvgIpc) is 2.35. The summed E-state index contributed by atoms with van der Waals surface area (Å²) in [6.45, 7) is 6.62. The summed E-state index contributed by atoms with van der Waals surface area (Å²) in [5.74, 6) is -0.426. The number of nitrogens with one attached hydrogen (secondary N) is 1. The van der Waals surface area contributed by atoms with Crippen LogP contribution in [0.25, 0.3) is 0 Å². The largest absolute Gasteiger partial charge is 0.444 e. The lowest BCUT2D eigenvalue weighted by Gasteiger charge is -2.21. The third-order valence-electron chi connectivity index (χ3n) is 2.47. The molecule has 0 aliphatic heterocycles. The minimum atomic E-state index is -0.846. The summed E-state index contributed by atoms with van der Waals surface area (Å²) in [6.07, 6.45) is -0.714. The Balaban J connectivity index is 2.77. The summed E-state index contributed by atoms with van der Waals surface area (Å²) in [4.78, 5) is 33.8. The molecule has 21 heavy (non-hydrogen) atoms. The number of non-ortho nitro benzene ring substituents is 1. The van der Waals surface area contributed by atoms with E-state index in [1.165, 1.54) is 31.2 Å². The molecule has 1 aromatic rings. The minimum Gasteiger partial charge on any atom is -0.444 e. The van der Waals surface area contributed by atoms with Gasteiger partial charge in [-0.05, 0) is 27.7 Å². The van der Waals surface area contributed by atoms with Crippen molar-refractivity contribution in [1.82, 2.24) is 5.32 Å². The zero-order valence-corrected chi connectivity index (χ0v) is 12.4. The highest BCUT2D eigenvalue weighted by molar-refractivity contribution is 6.01. The van der Waals surface area contributed by atoms with Gasteiger partial charge in [-0.2, -0.15) is 0 Å². The van der Waals surface area contributed by atoms with Crippen LogP contribution in [0.5, 0.6) is 0 Å². The Morgan fingerprint density at radius 3 is 2.48 bits per heavy atom. The summed E-state index contributed by atoms with van der Waals surface area (Å²) < 4.78 is 5.05. The minimum absolute atomic E-state index is 0.160. The monoisotopic (exact) mass is 294 g/mol. The fraction of sp³-hybridized carbons (Fsp3) is 0.429. The van der Waals surface area contributed by atoms with Gasteiger partial charge in [-0.25, -0.2) is 4.79 Å². The molecule has 1 amide bonds. The van der Waals surface area contributed by atoms with E-state index < -0.39 is 28.4 Å². The molecule has 0 radical (unpaired) electrons. The van der Waals surface area contributed by atoms with Gasteiger partial charge in [-0.1, -0.05) is 12.1 Å². The van der Waals surface area contributed by atoms with Crippen molar-refractivity contribution in [2.45, 2.75) is 39.3 Å². The van der Waals surface area contributed by atoms with Gasteiger partial charge < -0.3 is 10.1 Å². The Hall–Kier alpha value is -2.44. The first-order chi connectivity index (χ1) is 9.60. The van der Waals surface area contributed by atoms with Crippen molar-refractivity contribution in [1.29, 1.82) is 0 Å². The molecule has 0 saturated carbocycles. The van der Waals surface area contributed by atoms with E-state index in [2.05, 4.69) is 5.32 Å². The fourth-order valence-corrected chi connectivity index (χ4v) is 1.57. The maximum atomic E-state index is 12.1. The number of benzene rings is 1. The molecule has 1 rings (SSSR count). The van der Waals surface area contributed by atoms with Gasteiger partial charge in [-0.3, -0.25) is 14.9 Å². The molecule has 0 spiro atoms. The summed E-state index contributed by atoms with van der Waals surface area (Å²) in [7, 11) is 0. The van der Waals surface area contributed by atoms with E-state index in [9.17, 15) is 19.7 Å². The third-order valence-corrected chi connectivity index (χ3v) is 2.47. The SMILES string of the molecule is CC(NC(=O)OC(C)(C)C)C(=O)c1cccc([N+](=O)[O-])c1. The van der Waals surface area contributed by atoms with Gasteiger partial charge >= 0.3 is 6.09 Å². The number of Topliss-reactive ketones (excluding diaryl/α,β-unsaturated/α-hetero) is 1. The molecular weight excluding hydrogens is 276 g/mol. The molecule has 0 saturated heterocycles. The smallest absolute Gasteiger partial charge is 0.408 e. The van der Waals surface area contributed by atoms with Crippen LogP contribution in [0, 0.1) is 10.1 Å². The van der Waals surface area contributed by atoms with Gasteiger partial charge in [0.25, 0.3) is 5.69 Å². The average molecular weight is 294 g/mol. The molecule has 7 nitrogen and oxygen atoms in total. The van der Waals surface area contributed by atoms with Gasteiger partial charge in [0.1, 0.15) is 5.60 Å². The van der Waals surface area contributed by atoms with E-state index in [0.717, 1.165) is 0 Å². The number of hydrogen-bond acceptors (Lipinski definition) is 5. The van der Waals surface area contributed by atoms with E-state index in [4.69, 9.17) is 4.74 Å². The predicted molar refractivity (Wildman–Crippen MR) is 76.3 cm³/mol. The molecule has 7 heteroatoms. The number of hydrogen-bond donors (Lipinski definition) is 1. The number of alkyl carbamates (subject to hydrolysis) is 1. The molecule has 0 bridgehead atoms. The molecule has 0 fully saturated rings. The zero-order chi connectivity index (χ0) is 16.2. The lowest BCUT2D eigenvalue weighted by molar-refractivity contribution is -0.384. The Kier molecular flexibility index (Phi) is 5.02. The third kappa shape index (κ3) is 5.21. The topological polar surface area (TPSA) is 98.5 Å². The number of rotatable bonds is 4. The zero-order valence-electron chi connectivity index (χ0n) is 12.4. The molecule has 0 aliphatic rings. The quantitative estimate of drug-likeness (QED) is 0.523. The molecule has 1 atom stereocenters. The number of nitrogens with zero attached hydrogens (tertiary/aromatic N) is 1. The van der Waals surface area contributed by atoms with E-state index >= 15 is 0 Å². The van der Waals surface area contributed by atoms with Crippen LogP contribution in [-0.4, -0.2) is 28.4 Å². The number of carbonyl (C=O) groups is 2. The van der Waals surface area contributed by atoms with Crippen LogP contribution >= 0.6 is 0 Å². The number of nitro benzene ring substituents is 1. The highest BCUT2D eigenvalue weighted by Crippen LogP contribution is 2.15. The number of nitro groups is 1. The number of ketones is 1. The maximum Gasteiger partial charge on any atom is 0.408 e. The Morgan fingerprint density at radius 2 is 1.95 bits per heavy atom. The number of ether oxygens (including phenoxy) is 1. The van der Waals surface area contributed by atoms with Crippen LogP contribution in [0.15, 0.2) is 24.3 Å². The van der Waals surface area contributed by atoms with Crippen molar-refractivity contribution < 1.29 is 19.2 Å². The van der Waals surface area contributed by atoms with Crippen LogP contribution in [0.1, 0.15) is 38.1 Å². The Morgan fingerprint density at radius 1 is 1.33 bits per heavy atom. The second-order valence-electron chi connectivity index (χ2n) is 5.54. The van der Waals surface area contributed by atoms with Crippen LogP contribution < -0.4 is 5.32 Å². The van der Waals surface area contributed by atoms with Crippen molar-refractivity contribution >= 4 is 17.6 Å². The lowest BCUT2D eigenvalue weighted by Crippen LogP contribution is -2.41. The molecule has 114 valence electrons. The first-order valence-corrected chi connectivity index (χ1v) is 6.38. The summed E-state index contributed by atoms with van der Waals surface area (Å²) >= 11 is 0. The summed E-state index contributed by atoms with van der Waals surface area (Å²) in [5.41, 5.74) is -0.684. The van der Waals surface area contributed by atoms with E-state index in [1.54, 1.807) is 20.8 Å². The molecule has 1 N–H and O–H groups in total. The molecular formula is C14H18N2O5. The van der Waals surface area contributed by atoms with Gasteiger partial charge in [0.15, 0.2) is 5.78 Å². The lowest BCUT2D eigenvalue weighted by atomic mass is 10.1. The highest BCUT2D eigenvalue weighted by atomic mass is 16.6. The van der Waals surface area contributed by atoms with Crippen molar-refractivity contribution in [3.8, 4) is 0 Å². The fourth-order valence-electron chi connectivity index (χ4n) is 1.57. The second kappa shape index (κ2) is 6.34. The normalized spacial score (nSPS) is 12.4. The molecule has 1 unspecified atom stereocenters. The predicted octanol–water partition coefficient (Wildman–Crippen LogP) is 2.69. The molecule has 1 aromatic carbocycles. The van der Waals surface area contributed by atoms with Gasteiger partial charge in [0.2, 0.25) is 0 Å². The Bertz CT molecular complexity index is 563. The standard InChI is InChI=1S/C14H18N2O5/c1-9(15-13(18)21-14(2,3)4)12(17)10-6-5-7-11(8-10)16(19)20/h5-9H,1-4H3,(H,15,18). The van der Waals surface area contributed by atoms with Crippen LogP contribution in [0.3, 0.4) is 0 Å². The van der Waals surface area contributed by atoms with E-state index in [1.807, 2.05) is 0 Å². The Labute approximate surface area is 122 Å². The molecule has 0 heterocycles. The number of carbonyl (C=O) groups excluding carboxylic acids is 2. The van der Waals surface area contributed by atoms with Crippen molar-refractivity contribution in [3.63, 3.8) is 0 Å². The van der Waals surface area contributed by atoms with Crippen molar-refractivity contribution in [2.24, 2.45) is 0 Å². The van der Waals surface area contributed by atoms with Crippen LogP contribution in [-0.2, 0) is 4.74 Å². The first-order valence-electron chi connectivity index (χ1n) is 6.38. The molecule has 0 aromatic heterocycles. The van der Waals surface area contributed by atoms with Crippen LogP contribution in [0.4, 0.5) is 10.5 Å². The summed E-state index contributed by atoms with van der Waals surface area (Å²) in [5, 5.41) is 13.1. The second-order valence-corrected chi connectivity index (χ2v) is 5.54. The molecule has 0 aliphatic carbocycles. The van der Waals surface area contributed by atoms with Gasteiger partial charge in [-0.15, -0.1) is 0 Å². The van der Waals surface area contributed by atoms with Gasteiger partial charge in [0, 0.05) is 17.7 Å². The first kappa shape index (κ1) is 16.6. The van der Waals surface area contributed by atoms with E-state index in [0.29, 0.717) is 0 Å². The summed E-state index contributed by atoms with van der Waals surface area (Å²) in [6, 6.07) is 4.51. The maximum absolute atomic E-state index is 12.1. The van der Waals surface area contributed by atoms with Gasteiger partial charge in [0.05, 0.1) is 11.0 Å².